The maximum Gasteiger partial charge on any atom is 0.251 e. The molecule has 0 heterocycles. The fourth-order valence-corrected chi connectivity index (χ4v) is 3.02. The van der Waals surface area contributed by atoms with Crippen molar-refractivity contribution in [2.24, 2.45) is 5.92 Å². The van der Waals surface area contributed by atoms with Gasteiger partial charge in [0.2, 0.25) is 0 Å². The number of benzene rings is 1. The molecule has 1 aromatic carbocycles. The van der Waals surface area contributed by atoms with Gasteiger partial charge in [-0.15, -0.1) is 0 Å². The molecular weight excluding hydrogens is 252 g/mol. The Morgan fingerprint density at radius 3 is 3.00 bits per heavy atom. The Bertz CT molecular complexity index is 501. The van der Waals surface area contributed by atoms with Crippen molar-refractivity contribution >= 4 is 11.6 Å². The molecule has 1 amide bonds. The van der Waals surface area contributed by atoms with Crippen LogP contribution < -0.4 is 11.1 Å². The molecule has 1 saturated carbocycles. The standard InChI is InChI=1S/C16H24N2O2/c1-11-4-3-7-16(20,9-11)10-18-15(19)14-8-13(17)6-5-12(14)2/h5-6,8,11,20H,3-4,7,9-10,17H2,1-2H3,(H,18,19). The van der Waals surface area contributed by atoms with Gasteiger partial charge in [-0.1, -0.05) is 25.8 Å². The predicted octanol–water partition coefficient (Wildman–Crippen LogP) is 2.25. The Labute approximate surface area is 120 Å². The molecule has 1 fully saturated rings. The van der Waals surface area contributed by atoms with Crippen LogP contribution in [-0.4, -0.2) is 23.2 Å². The van der Waals surface area contributed by atoms with Crippen molar-refractivity contribution in [3.8, 4) is 0 Å². The lowest BCUT2D eigenvalue weighted by Gasteiger charge is -2.35. The smallest absolute Gasteiger partial charge is 0.251 e. The predicted molar refractivity (Wildman–Crippen MR) is 80.5 cm³/mol. The summed E-state index contributed by atoms with van der Waals surface area (Å²) in [7, 11) is 0. The lowest BCUT2D eigenvalue weighted by molar-refractivity contribution is -0.0109. The fraction of sp³-hybridized carbons (Fsp3) is 0.562. The number of anilines is 1. The Kier molecular flexibility index (Phi) is 4.33. The summed E-state index contributed by atoms with van der Waals surface area (Å²) in [6.07, 6.45) is 3.69. The molecule has 0 spiro atoms. The third kappa shape index (κ3) is 3.51. The number of rotatable bonds is 3. The van der Waals surface area contributed by atoms with Gasteiger partial charge in [0, 0.05) is 17.8 Å². The quantitative estimate of drug-likeness (QED) is 0.741. The lowest BCUT2D eigenvalue weighted by Crippen LogP contribution is -2.45. The molecule has 2 atom stereocenters. The zero-order valence-corrected chi connectivity index (χ0v) is 12.3. The van der Waals surface area contributed by atoms with Gasteiger partial charge in [-0.3, -0.25) is 4.79 Å². The number of hydrogen-bond donors (Lipinski definition) is 3. The number of carbonyl (C=O) groups excluding carboxylic acids is 1. The summed E-state index contributed by atoms with van der Waals surface area (Å²) in [6.45, 7) is 4.34. The molecule has 2 rings (SSSR count). The molecule has 2 unspecified atom stereocenters. The van der Waals surface area contributed by atoms with E-state index in [0.29, 0.717) is 23.7 Å². The van der Waals surface area contributed by atoms with Crippen LogP contribution in [0.4, 0.5) is 5.69 Å². The molecule has 4 nitrogen and oxygen atoms in total. The molecule has 1 aromatic rings. The lowest BCUT2D eigenvalue weighted by atomic mass is 9.79. The number of nitrogen functional groups attached to an aromatic ring is 1. The first-order valence-electron chi connectivity index (χ1n) is 7.26. The molecule has 4 heteroatoms. The number of nitrogens with one attached hydrogen (secondary N) is 1. The minimum atomic E-state index is -0.762. The molecule has 1 aliphatic rings. The average molecular weight is 276 g/mol. The zero-order valence-electron chi connectivity index (χ0n) is 12.3. The number of nitrogens with two attached hydrogens (primary N) is 1. The summed E-state index contributed by atoms with van der Waals surface area (Å²) in [5.41, 5.74) is 7.00. The average Bonchev–Trinajstić information content (AvgIpc) is 2.39. The van der Waals surface area contributed by atoms with Gasteiger partial charge in [-0.05, 0) is 43.4 Å². The third-order valence-electron chi connectivity index (χ3n) is 4.15. The van der Waals surface area contributed by atoms with Crippen molar-refractivity contribution in [1.82, 2.24) is 5.32 Å². The molecule has 0 saturated heterocycles. The first kappa shape index (κ1) is 14.9. The highest BCUT2D eigenvalue weighted by atomic mass is 16.3. The summed E-state index contributed by atoms with van der Waals surface area (Å²) in [4.78, 5) is 12.2. The van der Waals surface area contributed by atoms with Crippen molar-refractivity contribution < 1.29 is 9.90 Å². The number of carbonyl (C=O) groups is 1. The fourth-order valence-electron chi connectivity index (χ4n) is 3.02. The number of aliphatic hydroxyl groups is 1. The van der Waals surface area contributed by atoms with Crippen molar-refractivity contribution in [3.63, 3.8) is 0 Å². The monoisotopic (exact) mass is 276 g/mol. The van der Waals surface area contributed by atoms with Gasteiger partial charge in [-0.2, -0.15) is 0 Å². The minimum Gasteiger partial charge on any atom is -0.399 e. The molecule has 0 bridgehead atoms. The van der Waals surface area contributed by atoms with Crippen molar-refractivity contribution in [2.75, 3.05) is 12.3 Å². The van der Waals surface area contributed by atoms with Crippen LogP contribution in [0.1, 0.15) is 48.5 Å². The Balaban J connectivity index is 1.99. The number of hydrogen-bond acceptors (Lipinski definition) is 3. The van der Waals surface area contributed by atoms with Crippen LogP contribution in [-0.2, 0) is 0 Å². The normalized spacial score (nSPS) is 26.2. The maximum absolute atomic E-state index is 12.2. The highest BCUT2D eigenvalue weighted by Crippen LogP contribution is 2.31. The largest absolute Gasteiger partial charge is 0.399 e. The highest BCUT2D eigenvalue weighted by molar-refractivity contribution is 5.96. The van der Waals surface area contributed by atoms with Gasteiger partial charge in [0.1, 0.15) is 0 Å². The van der Waals surface area contributed by atoms with Crippen LogP contribution in [0.5, 0.6) is 0 Å². The van der Waals surface area contributed by atoms with Gasteiger partial charge >= 0.3 is 0 Å². The third-order valence-corrected chi connectivity index (χ3v) is 4.15. The summed E-state index contributed by atoms with van der Waals surface area (Å²) in [6, 6.07) is 5.29. The van der Waals surface area contributed by atoms with E-state index in [1.165, 1.54) is 0 Å². The summed E-state index contributed by atoms with van der Waals surface area (Å²) in [5, 5.41) is 13.4. The summed E-state index contributed by atoms with van der Waals surface area (Å²) in [5.74, 6) is 0.348. The molecular formula is C16H24N2O2. The Morgan fingerprint density at radius 2 is 2.30 bits per heavy atom. The van der Waals surface area contributed by atoms with E-state index in [-0.39, 0.29) is 5.91 Å². The molecule has 0 aliphatic heterocycles. The molecule has 0 aromatic heterocycles. The number of amides is 1. The van der Waals surface area contributed by atoms with Gasteiger partial charge in [-0.25, -0.2) is 0 Å². The van der Waals surface area contributed by atoms with E-state index < -0.39 is 5.60 Å². The van der Waals surface area contributed by atoms with E-state index in [4.69, 9.17) is 5.73 Å². The Hall–Kier alpha value is -1.55. The van der Waals surface area contributed by atoms with E-state index in [0.717, 1.165) is 31.2 Å². The van der Waals surface area contributed by atoms with Gasteiger partial charge in [0.25, 0.3) is 5.91 Å². The molecule has 20 heavy (non-hydrogen) atoms. The summed E-state index contributed by atoms with van der Waals surface area (Å²) < 4.78 is 0. The second-order valence-electron chi connectivity index (χ2n) is 6.18. The van der Waals surface area contributed by atoms with Crippen LogP contribution in [0, 0.1) is 12.8 Å². The van der Waals surface area contributed by atoms with E-state index >= 15 is 0 Å². The second-order valence-corrected chi connectivity index (χ2v) is 6.18. The van der Waals surface area contributed by atoms with Crippen molar-refractivity contribution in [2.45, 2.75) is 45.1 Å². The molecule has 110 valence electrons. The van der Waals surface area contributed by atoms with Gasteiger partial charge < -0.3 is 16.2 Å². The van der Waals surface area contributed by atoms with E-state index in [1.807, 2.05) is 13.0 Å². The van der Waals surface area contributed by atoms with Crippen molar-refractivity contribution in [1.29, 1.82) is 0 Å². The number of aryl methyl sites for hydroxylation is 1. The molecule has 1 aliphatic carbocycles. The van der Waals surface area contributed by atoms with Crippen LogP contribution in [0.15, 0.2) is 18.2 Å². The van der Waals surface area contributed by atoms with E-state index in [1.54, 1.807) is 12.1 Å². The Morgan fingerprint density at radius 1 is 1.55 bits per heavy atom. The summed E-state index contributed by atoms with van der Waals surface area (Å²) >= 11 is 0. The van der Waals surface area contributed by atoms with Crippen molar-refractivity contribution in [3.05, 3.63) is 29.3 Å². The molecule has 4 N–H and O–H groups in total. The maximum atomic E-state index is 12.2. The topological polar surface area (TPSA) is 75.4 Å². The van der Waals surface area contributed by atoms with Gasteiger partial charge in [0.15, 0.2) is 0 Å². The minimum absolute atomic E-state index is 0.165. The highest BCUT2D eigenvalue weighted by Gasteiger charge is 2.32. The first-order valence-corrected chi connectivity index (χ1v) is 7.26. The first-order chi connectivity index (χ1) is 9.39. The zero-order chi connectivity index (χ0) is 14.8. The SMILES string of the molecule is Cc1ccc(N)cc1C(=O)NCC1(O)CCCC(C)C1. The molecule has 0 radical (unpaired) electrons. The van der Waals surface area contributed by atoms with Crippen LogP contribution >= 0.6 is 0 Å². The van der Waals surface area contributed by atoms with Crippen LogP contribution in [0.25, 0.3) is 0 Å². The van der Waals surface area contributed by atoms with Crippen LogP contribution in [0.3, 0.4) is 0 Å². The second kappa shape index (κ2) is 5.83. The van der Waals surface area contributed by atoms with E-state index in [2.05, 4.69) is 12.2 Å². The van der Waals surface area contributed by atoms with Crippen LogP contribution in [0.2, 0.25) is 0 Å². The van der Waals surface area contributed by atoms with E-state index in [9.17, 15) is 9.90 Å². The van der Waals surface area contributed by atoms with Gasteiger partial charge in [0.05, 0.1) is 5.60 Å².